The third kappa shape index (κ3) is 4.15. The van der Waals surface area contributed by atoms with Gasteiger partial charge in [0.1, 0.15) is 11.6 Å². The van der Waals surface area contributed by atoms with Crippen LogP contribution in [0.1, 0.15) is 21.5 Å². The lowest BCUT2D eigenvalue weighted by atomic mass is 10.1. The minimum absolute atomic E-state index is 0.158. The molecule has 2 aromatic rings. The van der Waals surface area contributed by atoms with E-state index in [1.165, 1.54) is 0 Å². The molecule has 0 spiro atoms. The Morgan fingerprint density at radius 1 is 1.04 bits per heavy atom. The van der Waals surface area contributed by atoms with E-state index in [1.54, 1.807) is 0 Å². The predicted molar refractivity (Wildman–Crippen MR) is 79.0 cm³/mol. The zero-order valence-electron chi connectivity index (χ0n) is 11.6. The Labute approximate surface area is 143 Å². The summed E-state index contributed by atoms with van der Waals surface area (Å²) < 4.78 is 65.0. The van der Waals surface area contributed by atoms with Crippen LogP contribution in [0.4, 0.5) is 22.0 Å². The fraction of sp³-hybridized carbons (Fsp3) is 0.133. The zero-order valence-corrected chi connectivity index (χ0v) is 13.2. The van der Waals surface area contributed by atoms with Crippen molar-refractivity contribution in [1.29, 1.82) is 0 Å². The molecule has 0 aliphatic rings. The highest BCUT2D eigenvalue weighted by atomic mass is 35.5. The average Bonchev–Trinajstić information content (AvgIpc) is 2.48. The summed E-state index contributed by atoms with van der Waals surface area (Å²) in [7, 11) is 0. The van der Waals surface area contributed by atoms with Crippen LogP contribution in [0.5, 0.6) is 0 Å². The number of alkyl halides is 3. The Morgan fingerprint density at radius 3 is 2.33 bits per heavy atom. The maximum absolute atomic E-state index is 13.4. The fourth-order valence-corrected chi connectivity index (χ4v) is 2.40. The third-order valence-corrected chi connectivity index (χ3v) is 3.67. The highest BCUT2D eigenvalue weighted by Crippen LogP contribution is 2.32. The highest BCUT2D eigenvalue weighted by Gasteiger charge is 2.33. The van der Waals surface area contributed by atoms with Gasteiger partial charge in [0.15, 0.2) is 0 Å². The number of benzene rings is 2. The van der Waals surface area contributed by atoms with Crippen LogP contribution in [0.25, 0.3) is 0 Å². The van der Waals surface area contributed by atoms with Crippen molar-refractivity contribution in [3.05, 3.63) is 68.7 Å². The fourth-order valence-electron chi connectivity index (χ4n) is 1.93. The molecule has 2 nitrogen and oxygen atoms in total. The van der Waals surface area contributed by atoms with Gasteiger partial charge in [-0.3, -0.25) is 4.79 Å². The minimum Gasteiger partial charge on any atom is -0.348 e. The lowest BCUT2D eigenvalue weighted by Crippen LogP contribution is -2.25. The Morgan fingerprint density at radius 2 is 1.71 bits per heavy atom. The van der Waals surface area contributed by atoms with Gasteiger partial charge in [0.2, 0.25) is 0 Å². The van der Waals surface area contributed by atoms with Crippen LogP contribution >= 0.6 is 23.2 Å². The molecule has 0 unspecified atom stereocenters. The summed E-state index contributed by atoms with van der Waals surface area (Å²) in [5.41, 5.74) is -1.84. The Balaban J connectivity index is 2.23. The topological polar surface area (TPSA) is 29.1 Å². The van der Waals surface area contributed by atoms with Crippen molar-refractivity contribution in [2.75, 3.05) is 0 Å². The summed E-state index contributed by atoms with van der Waals surface area (Å²) in [4.78, 5) is 12.0. The van der Waals surface area contributed by atoms with E-state index in [0.717, 1.165) is 24.3 Å². The van der Waals surface area contributed by atoms with E-state index in [-0.39, 0.29) is 21.2 Å². The zero-order chi connectivity index (χ0) is 18.1. The molecule has 0 atom stereocenters. The number of nitrogens with one attached hydrogen (secondary N) is 1. The van der Waals surface area contributed by atoms with Gasteiger partial charge >= 0.3 is 6.18 Å². The molecule has 24 heavy (non-hydrogen) atoms. The Hall–Kier alpha value is -1.86. The summed E-state index contributed by atoms with van der Waals surface area (Å²) in [5.74, 6) is -2.85. The van der Waals surface area contributed by atoms with Crippen molar-refractivity contribution in [3.63, 3.8) is 0 Å². The van der Waals surface area contributed by atoms with Crippen LogP contribution < -0.4 is 5.32 Å². The van der Waals surface area contributed by atoms with E-state index < -0.39 is 35.8 Å². The van der Waals surface area contributed by atoms with Crippen molar-refractivity contribution < 1.29 is 26.7 Å². The van der Waals surface area contributed by atoms with Crippen molar-refractivity contribution >= 4 is 29.1 Å². The molecule has 1 N–H and O–H groups in total. The van der Waals surface area contributed by atoms with Crippen LogP contribution in [-0.2, 0) is 12.7 Å². The van der Waals surface area contributed by atoms with Crippen molar-refractivity contribution in [3.8, 4) is 0 Å². The van der Waals surface area contributed by atoms with Crippen LogP contribution in [0, 0.1) is 11.6 Å². The van der Waals surface area contributed by atoms with E-state index in [0.29, 0.717) is 6.07 Å². The molecule has 0 aliphatic heterocycles. The Kier molecular flexibility index (Phi) is 5.35. The molecule has 9 heteroatoms. The van der Waals surface area contributed by atoms with E-state index in [4.69, 9.17) is 23.2 Å². The SMILES string of the molecule is O=C(NCc1ccc(F)cc1C(F)(F)F)c1cc(F)c(Cl)cc1Cl. The second kappa shape index (κ2) is 6.94. The molecule has 0 saturated heterocycles. The van der Waals surface area contributed by atoms with Gasteiger partial charge in [-0.2, -0.15) is 13.2 Å². The van der Waals surface area contributed by atoms with Gasteiger partial charge in [0.25, 0.3) is 5.91 Å². The molecular formula is C15H8Cl2F5NO. The van der Waals surface area contributed by atoms with Crippen molar-refractivity contribution in [1.82, 2.24) is 5.32 Å². The van der Waals surface area contributed by atoms with Gasteiger partial charge in [0, 0.05) is 6.54 Å². The maximum Gasteiger partial charge on any atom is 0.416 e. The smallest absolute Gasteiger partial charge is 0.348 e. The van der Waals surface area contributed by atoms with Crippen molar-refractivity contribution in [2.45, 2.75) is 12.7 Å². The molecule has 0 heterocycles. The molecule has 0 fully saturated rings. The van der Waals surface area contributed by atoms with Gasteiger partial charge < -0.3 is 5.32 Å². The molecular weight excluding hydrogens is 376 g/mol. The van der Waals surface area contributed by atoms with Gasteiger partial charge in [-0.1, -0.05) is 29.3 Å². The average molecular weight is 384 g/mol. The van der Waals surface area contributed by atoms with Gasteiger partial charge in [0.05, 0.1) is 21.2 Å². The van der Waals surface area contributed by atoms with E-state index in [1.807, 2.05) is 0 Å². The molecule has 1 amide bonds. The van der Waals surface area contributed by atoms with E-state index in [2.05, 4.69) is 5.32 Å². The standard InChI is InChI=1S/C15H8Cl2F5NO/c16-11-5-12(17)13(19)4-9(11)14(24)23-6-7-1-2-8(18)3-10(7)15(20,21)22/h1-5H,6H2,(H,23,24). The summed E-state index contributed by atoms with van der Waals surface area (Å²) in [6.07, 6.45) is -4.79. The first-order valence-corrected chi connectivity index (χ1v) is 7.13. The second-order valence-electron chi connectivity index (χ2n) is 4.73. The van der Waals surface area contributed by atoms with Crippen LogP contribution in [0.3, 0.4) is 0 Å². The summed E-state index contributed by atoms with van der Waals surface area (Å²) in [5, 5.41) is 1.72. The number of hydrogen-bond acceptors (Lipinski definition) is 1. The first-order chi connectivity index (χ1) is 11.1. The minimum atomic E-state index is -4.79. The predicted octanol–water partition coefficient (Wildman–Crippen LogP) is 5.22. The molecule has 128 valence electrons. The molecule has 0 saturated carbocycles. The van der Waals surface area contributed by atoms with Gasteiger partial charge in [-0.05, 0) is 29.8 Å². The maximum atomic E-state index is 13.4. The normalized spacial score (nSPS) is 11.5. The van der Waals surface area contributed by atoms with Crippen LogP contribution in [0.2, 0.25) is 10.0 Å². The number of halogens is 7. The van der Waals surface area contributed by atoms with Gasteiger partial charge in [-0.25, -0.2) is 8.78 Å². The number of carbonyl (C=O) groups excluding carboxylic acids is 1. The molecule has 0 aromatic heterocycles. The molecule has 0 bridgehead atoms. The summed E-state index contributed by atoms with van der Waals surface area (Å²) in [6.45, 7) is -0.547. The third-order valence-electron chi connectivity index (χ3n) is 3.07. The molecule has 2 aromatic carbocycles. The van der Waals surface area contributed by atoms with Gasteiger partial charge in [-0.15, -0.1) is 0 Å². The molecule has 2 rings (SSSR count). The second-order valence-corrected chi connectivity index (χ2v) is 5.54. The monoisotopic (exact) mass is 383 g/mol. The lowest BCUT2D eigenvalue weighted by Gasteiger charge is -2.14. The first-order valence-electron chi connectivity index (χ1n) is 6.38. The quantitative estimate of drug-likeness (QED) is 0.571. The number of hydrogen-bond donors (Lipinski definition) is 1. The Bertz CT molecular complexity index is 792. The largest absolute Gasteiger partial charge is 0.416 e. The first kappa shape index (κ1) is 18.5. The molecule has 0 aliphatic carbocycles. The van der Waals surface area contributed by atoms with E-state index in [9.17, 15) is 26.7 Å². The number of rotatable bonds is 3. The van der Waals surface area contributed by atoms with E-state index >= 15 is 0 Å². The van der Waals surface area contributed by atoms with Crippen LogP contribution in [0.15, 0.2) is 30.3 Å². The van der Waals surface area contributed by atoms with Crippen LogP contribution in [-0.4, -0.2) is 5.91 Å². The lowest BCUT2D eigenvalue weighted by molar-refractivity contribution is -0.138. The summed E-state index contributed by atoms with van der Waals surface area (Å²) in [6, 6.07) is 3.85. The summed E-state index contributed by atoms with van der Waals surface area (Å²) >= 11 is 11.3. The van der Waals surface area contributed by atoms with Crippen molar-refractivity contribution in [2.24, 2.45) is 0 Å². The highest BCUT2D eigenvalue weighted by molar-refractivity contribution is 6.36. The number of amides is 1. The molecule has 0 radical (unpaired) electrons. The number of carbonyl (C=O) groups is 1.